The Hall–Kier alpha value is -1.63. The second-order valence-electron chi connectivity index (χ2n) is 5.79. The minimum atomic E-state index is 0.700. The maximum absolute atomic E-state index is 9.42. The number of nitrogens with zero attached hydrogens (tertiary/aromatic N) is 4. The van der Waals surface area contributed by atoms with Crippen molar-refractivity contribution in [2.45, 2.75) is 52.9 Å². The van der Waals surface area contributed by atoms with Crippen LogP contribution >= 0.6 is 0 Å². The smallest absolute Gasteiger partial charge is 0.169 e. The number of hydrogen-bond acceptors (Lipinski definition) is 4. The van der Waals surface area contributed by atoms with E-state index in [9.17, 15) is 5.26 Å². The molecule has 0 aromatic carbocycles. The highest BCUT2D eigenvalue weighted by Crippen LogP contribution is 2.27. The van der Waals surface area contributed by atoms with E-state index in [1.165, 1.54) is 32.1 Å². The zero-order chi connectivity index (χ0) is 14.5. The fourth-order valence-corrected chi connectivity index (χ4v) is 3.03. The lowest BCUT2D eigenvalue weighted by Crippen LogP contribution is -2.27. The van der Waals surface area contributed by atoms with Crippen LogP contribution in [0.1, 0.15) is 55.8 Å². The van der Waals surface area contributed by atoms with Gasteiger partial charge in [-0.3, -0.25) is 0 Å². The Kier molecular flexibility index (Phi) is 4.94. The van der Waals surface area contributed by atoms with E-state index in [1.54, 1.807) is 0 Å². The lowest BCUT2D eigenvalue weighted by molar-refractivity contribution is 0.435. The van der Waals surface area contributed by atoms with Gasteiger partial charge in [0, 0.05) is 13.1 Å². The van der Waals surface area contributed by atoms with Crippen molar-refractivity contribution in [3.63, 3.8) is 0 Å². The van der Waals surface area contributed by atoms with Crippen LogP contribution in [0.25, 0.3) is 0 Å². The van der Waals surface area contributed by atoms with Crippen LogP contribution < -0.4 is 4.90 Å². The largest absolute Gasteiger partial charge is 0.354 e. The highest BCUT2D eigenvalue weighted by atomic mass is 15.3. The van der Waals surface area contributed by atoms with Gasteiger partial charge in [0.1, 0.15) is 11.6 Å². The average molecular weight is 272 g/mol. The van der Waals surface area contributed by atoms with E-state index in [1.807, 2.05) is 13.8 Å². The lowest BCUT2D eigenvalue weighted by atomic mass is 9.96. The molecule has 1 fully saturated rings. The number of nitriles is 1. The number of rotatable bonds is 3. The first-order valence-electron chi connectivity index (χ1n) is 7.66. The molecule has 2 rings (SSSR count). The second kappa shape index (κ2) is 6.69. The molecule has 0 amide bonds. The molecule has 4 nitrogen and oxygen atoms in total. The van der Waals surface area contributed by atoms with Crippen molar-refractivity contribution in [3.05, 3.63) is 16.8 Å². The third-order valence-electron chi connectivity index (χ3n) is 4.39. The Labute approximate surface area is 121 Å². The lowest BCUT2D eigenvalue weighted by Gasteiger charge is -2.23. The van der Waals surface area contributed by atoms with Crippen molar-refractivity contribution in [2.75, 3.05) is 18.0 Å². The van der Waals surface area contributed by atoms with Crippen LogP contribution in [0.3, 0.4) is 0 Å². The van der Waals surface area contributed by atoms with Crippen molar-refractivity contribution in [2.24, 2.45) is 5.92 Å². The van der Waals surface area contributed by atoms with Crippen LogP contribution in [-0.2, 0) is 0 Å². The van der Waals surface area contributed by atoms with Crippen molar-refractivity contribution in [1.82, 2.24) is 10.2 Å². The fourth-order valence-electron chi connectivity index (χ4n) is 3.03. The molecular formula is C16H24N4. The van der Waals surface area contributed by atoms with Gasteiger partial charge < -0.3 is 4.90 Å². The third kappa shape index (κ3) is 3.09. The van der Waals surface area contributed by atoms with Crippen molar-refractivity contribution in [3.8, 4) is 6.07 Å². The van der Waals surface area contributed by atoms with Crippen molar-refractivity contribution >= 4 is 5.82 Å². The number of hydrogen-bond donors (Lipinski definition) is 0. The summed E-state index contributed by atoms with van der Waals surface area (Å²) in [6, 6.07) is 2.31. The summed E-state index contributed by atoms with van der Waals surface area (Å²) in [5.41, 5.74) is 2.52. The molecule has 0 unspecified atom stereocenters. The maximum atomic E-state index is 9.42. The molecule has 4 heteroatoms. The Morgan fingerprint density at radius 3 is 2.75 bits per heavy atom. The topological polar surface area (TPSA) is 52.8 Å². The number of aryl methyl sites for hydroxylation is 1. The van der Waals surface area contributed by atoms with Gasteiger partial charge in [0.2, 0.25) is 0 Å². The molecule has 0 aliphatic carbocycles. The quantitative estimate of drug-likeness (QED) is 0.846. The molecule has 1 aromatic rings. The van der Waals surface area contributed by atoms with Gasteiger partial charge >= 0.3 is 0 Å². The van der Waals surface area contributed by atoms with E-state index in [0.717, 1.165) is 36.1 Å². The average Bonchev–Trinajstić information content (AvgIpc) is 2.68. The molecule has 20 heavy (non-hydrogen) atoms. The van der Waals surface area contributed by atoms with Gasteiger partial charge in [-0.15, -0.1) is 5.10 Å². The van der Waals surface area contributed by atoms with E-state index in [0.29, 0.717) is 5.56 Å². The molecule has 0 spiro atoms. The van der Waals surface area contributed by atoms with Gasteiger partial charge in [-0.25, -0.2) is 0 Å². The predicted molar refractivity (Wildman–Crippen MR) is 80.7 cm³/mol. The predicted octanol–water partition coefficient (Wildman–Crippen LogP) is 3.37. The SMILES string of the molecule is CCC[C@@H]1CCCN(c2nnc(C)c(C)c2C#N)CC1. The molecule has 0 bridgehead atoms. The van der Waals surface area contributed by atoms with Crippen molar-refractivity contribution < 1.29 is 0 Å². The number of aromatic nitrogens is 2. The summed E-state index contributed by atoms with van der Waals surface area (Å²) in [5, 5.41) is 17.9. The molecule has 0 radical (unpaired) electrons. The standard InChI is InChI=1S/C16H24N4/c1-4-6-14-7-5-9-20(10-8-14)16-15(11-17)12(2)13(3)18-19-16/h14H,4-10H2,1-3H3/t14-/m1/s1. The molecule has 0 saturated carbocycles. The monoisotopic (exact) mass is 272 g/mol. The molecule has 1 saturated heterocycles. The molecule has 108 valence electrons. The molecule has 1 aliphatic rings. The Bertz CT molecular complexity index is 504. The fraction of sp³-hybridized carbons (Fsp3) is 0.688. The summed E-state index contributed by atoms with van der Waals surface area (Å²) in [4.78, 5) is 2.26. The molecule has 0 N–H and O–H groups in total. The van der Waals surface area contributed by atoms with Crippen LogP contribution in [0.5, 0.6) is 0 Å². The van der Waals surface area contributed by atoms with E-state index >= 15 is 0 Å². The van der Waals surface area contributed by atoms with Crippen molar-refractivity contribution in [1.29, 1.82) is 5.26 Å². The summed E-state index contributed by atoms with van der Waals surface area (Å²) in [7, 11) is 0. The van der Waals surface area contributed by atoms with E-state index in [-0.39, 0.29) is 0 Å². The Morgan fingerprint density at radius 2 is 2.05 bits per heavy atom. The molecule has 1 atom stereocenters. The second-order valence-corrected chi connectivity index (χ2v) is 5.79. The Morgan fingerprint density at radius 1 is 1.25 bits per heavy atom. The first-order chi connectivity index (χ1) is 9.67. The summed E-state index contributed by atoms with van der Waals surface area (Å²) in [5.74, 6) is 1.61. The third-order valence-corrected chi connectivity index (χ3v) is 4.39. The summed E-state index contributed by atoms with van der Waals surface area (Å²) >= 11 is 0. The zero-order valence-electron chi connectivity index (χ0n) is 12.8. The molecule has 1 aromatic heterocycles. The van der Waals surface area contributed by atoms with Gasteiger partial charge in [-0.1, -0.05) is 19.8 Å². The van der Waals surface area contributed by atoms with Crippen LogP contribution in [0.4, 0.5) is 5.82 Å². The zero-order valence-corrected chi connectivity index (χ0v) is 12.8. The molecular weight excluding hydrogens is 248 g/mol. The Balaban J connectivity index is 2.20. The van der Waals surface area contributed by atoms with Crippen LogP contribution in [0.15, 0.2) is 0 Å². The van der Waals surface area contributed by atoms with Gasteiger partial charge in [0.25, 0.3) is 0 Å². The maximum Gasteiger partial charge on any atom is 0.169 e. The minimum Gasteiger partial charge on any atom is -0.354 e. The summed E-state index contributed by atoms with van der Waals surface area (Å²) in [6.45, 7) is 8.12. The van der Waals surface area contributed by atoms with Crippen LogP contribution in [0.2, 0.25) is 0 Å². The van der Waals surface area contributed by atoms with Gasteiger partial charge in [-0.2, -0.15) is 10.4 Å². The van der Waals surface area contributed by atoms with Gasteiger partial charge in [-0.05, 0) is 44.6 Å². The van der Waals surface area contributed by atoms with E-state index < -0.39 is 0 Å². The van der Waals surface area contributed by atoms with Crippen LogP contribution in [0, 0.1) is 31.1 Å². The van der Waals surface area contributed by atoms with E-state index in [4.69, 9.17) is 0 Å². The summed E-state index contributed by atoms with van der Waals surface area (Å²) in [6.07, 6.45) is 6.26. The number of anilines is 1. The normalized spacial score (nSPS) is 19.5. The minimum absolute atomic E-state index is 0.700. The first kappa shape index (κ1) is 14.8. The highest BCUT2D eigenvalue weighted by Gasteiger charge is 2.21. The summed E-state index contributed by atoms with van der Waals surface area (Å²) < 4.78 is 0. The first-order valence-corrected chi connectivity index (χ1v) is 7.66. The highest BCUT2D eigenvalue weighted by molar-refractivity contribution is 5.57. The molecule has 1 aliphatic heterocycles. The van der Waals surface area contributed by atoms with Gasteiger partial charge in [0.15, 0.2) is 5.82 Å². The van der Waals surface area contributed by atoms with Gasteiger partial charge in [0.05, 0.1) is 5.69 Å². The van der Waals surface area contributed by atoms with E-state index in [2.05, 4.69) is 28.1 Å². The van der Waals surface area contributed by atoms with Crippen LogP contribution in [-0.4, -0.2) is 23.3 Å². The molecule has 2 heterocycles.